The molecule has 0 radical (unpaired) electrons. The van der Waals surface area contributed by atoms with Crippen LogP contribution in [0.15, 0.2) is 53.3 Å². The number of benzene rings is 2. The fourth-order valence-corrected chi connectivity index (χ4v) is 5.39. The SMILES string of the molecule is CCC[C@H](c1nnnn1C[C@H]1CCCO1)N(Cc1ccccc1Cl)Cc1cc2cccc(C)c2[nH]c1=O. The average molecular weight is 521 g/mol. The second-order valence-corrected chi connectivity index (χ2v) is 10.2. The second-order valence-electron chi connectivity index (χ2n) is 9.82. The van der Waals surface area contributed by atoms with Crippen molar-refractivity contribution < 1.29 is 4.74 Å². The van der Waals surface area contributed by atoms with Crippen molar-refractivity contribution in [2.45, 2.75) is 71.3 Å². The van der Waals surface area contributed by atoms with Crippen molar-refractivity contribution in [2.75, 3.05) is 6.61 Å². The number of fused-ring (bicyclic) bond motifs is 1. The molecule has 3 heterocycles. The zero-order chi connectivity index (χ0) is 25.8. The molecular formula is C28H33ClN6O2. The fourth-order valence-electron chi connectivity index (χ4n) is 5.20. The van der Waals surface area contributed by atoms with Gasteiger partial charge in [-0.25, -0.2) is 4.68 Å². The lowest BCUT2D eigenvalue weighted by molar-refractivity contribution is 0.0885. The van der Waals surface area contributed by atoms with E-state index in [4.69, 9.17) is 16.3 Å². The van der Waals surface area contributed by atoms with Gasteiger partial charge in [0.25, 0.3) is 5.56 Å². The van der Waals surface area contributed by atoms with Gasteiger partial charge in [-0.3, -0.25) is 9.69 Å². The van der Waals surface area contributed by atoms with Crippen LogP contribution in [-0.4, -0.2) is 42.8 Å². The van der Waals surface area contributed by atoms with Gasteiger partial charge < -0.3 is 9.72 Å². The molecule has 0 amide bonds. The molecular weight excluding hydrogens is 488 g/mol. The standard InChI is InChI=1S/C28H33ClN6O2/c1-3-8-25(27-31-32-33-35(27)18-23-12-7-14-37-23)34(16-21-10-4-5-13-24(21)29)17-22-15-20-11-6-9-19(2)26(20)30-28(22)36/h4-6,9-11,13,15,23,25H,3,7-8,12,14,16-18H2,1-2H3,(H,30,36)/t23-,25-/m1/s1. The molecule has 2 atom stereocenters. The van der Waals surface area contributed by atoms with Crippen LogP contribution in [0.3, 0.4) is 0 Å². The summed E-state index contributed by atoms with van der Waals surface area (Å²) in [7, 11) is 0. The Kier molecular flexibility index (Phi) is 7.98. The molecule has 8 nitrogen and oxygen atoms in total. The lowest BCUT2D eigenvalue weighted by atomic mass is 10.0. The third-order valence-electron chi connectivity index (χ3n) is 7.13. The number of pyridine rings is 1. The summed E-state index contributed by atoms with van der Waals surface area (Å²) >= 11 is 6.59. The minimum Gasteiger partial charge on any atom is -0.376 e. The minimum absolute atomic E-state index is 0.0832. The topological polar surface area (TPSA) is 88.9 Å². The Morgan fingerprint density at radius 1 is 1.19 bits per heavy atom. The first-order chi connectivity index (χ1) is 18.0. The summed E-state index contributed by atoms with van der Waals surface area (Å²) in [6.07, 6.45) is 3.95. The van der Waals surface area contributed by atoms with E-state index in [9.17, 15) is 4.79 Å². The number of nitrogens with zero attached hydrogens (tertiary/aromatic N) is 5. The molecule has 1 fully saturated rings. The van der Waals surface area contributed by atoms with Crippen LogP contribution in [0.2, 0.25) is 5.02 Å². The predicted octanol–water partition coefficient (Wildman–Crippen LogP) is 5.20. The van der Waals surface area contributed by atoms with E-state index in [1.807, 2.05) is 60.1 Å². The Bertz CT molecular complexity index is 1410. The van der Waals surface area contributed by atoms with Crippen LogP contribution < -0.4 is 5.56 Å². The zero-order valence-corrected chi connectivity index (χ0v) is 22.1. The maximum Gasteiger partial charge on any atom is 0.252 e. The van der Waals surface area contributed by atoms with Gasteiger partial charge in [0.05, 0.1) is 24.2 Å². The van der Waals surface area contributed by atoms with Crippen molar-refractivity contribution in [3.8, 4) is 0 Å². The first-order valence-corrected chi connectivity index (χ1v) is 13.4. The molecule has 9 heteroatoms. The largest absolute Gasteiger partial charge is 0.376 e. The van der Waals surface area contributed by atoms with E-state index in [-0.39, 0.29) is 17.7 Å². The van der Waals surface area contributed by atoms with Crippen molar-refractivity contribution in [1.82, 2.24) is 30.1 Å². The van der Waals surface area contributed by atoms with Gasteiger partial charge in [-0.1, -0.05) is 61.3 Å². The smallest absolute Gasteiger partial charge is 0.252 e. The molecule has 1 saturated heterocycles. The Balaban J connectivity index is 1.54. The first kappa shape index (κ1) is 25.6. The number of nitrogens with one attached hydrogen (secondary N) is 1. The second kappa shape index (κ2) is 11.5. The number of hydrogen-bond donors (Lipinski definition) is 1. The van der Waals surface area contributed by atoms with E-state index < -0.39 is 0 Å². The molecule has 1 aliphatic heterocycles. The van der Waals surface area contributed by atoms with Crippen LogP contribution >= 0.6 is 11.6 Å². The lowest BCUT2D eigenvalue weighted by Crippen LogP contribution is -2.33. The quantitative estimate of drug-likeness (QED) is 0.309. The third kappa shape index (κ3) is 5.76. The third-order valence-corrected chi connectivity index (χ3v) is 7.50. The molecule has 194 valence electrons. The van der Waals surface area contributed by atoms with E-state index in [1.54, 1.807) is 0 Å². The number of para-hydroxylation sites is 1. The molecule has 4 aromatic rings. The molecule has 0 aliphatic carbocycles. The van der Waals surface area contributed by atoms with Gasteiger partial charge in [0.15, 0.2) is 5.82 Å². The number of rotatable bonds is 10. The summed E-state index contributed by atoms with van der Waals surface area (Å²) in [6, 6.07) is 15.8. The van der Waals surface area contributed by atoms with Gasteiger partial charge in [0, 0.05) is 30.3 Å². The highest BCUT2D eigenvalue weighted by molar-refractivity contribution is 6.31. The highest BCUT2D eigenvalue weighted by Gasteiger charge is 2.29. The highest BCUT2D eigenvalue weighted by atomic mass is 35.5. The van der Waals surface area contributed by atoms with Gasteiger partial charge in [-0.05, 0) is 65.3 Å². The first-order valence-electron chi connectivity index (χ1n) is 13.0. The van der Waals surface area contributed by atoms with Gasteiger partial charge in [0.2, 0.25) is 0 Å². The summed E-state index contributed by atoms with van der Waals surface area (Å²) in [5, 5.41) is 14.5. The molecule has 0 spiro atoms. The molecule has 2 aromatic carbocycles. The number of hydrogen-bond acceptors (Lipinski definition) is 6. The predicted molar refractivity (Wildman–Crippen MR) is 144 cm³/mol. The van der Waals surface area contributed by atoms with Crippen molar-refractivity contribution >= 4 is 22.5 Å². The molecule has 2 aromatic heterocycles. The van der Waals surface area contributed by atoms with Crippen LogP contribution in [-0.2, 0) is 24.4 Å². The van der Waals surface area contributed by atoms with E-state index in [1.165, 1.54) is 0 Å². The minimum atomic E-state index is -0.106. The van der Waals surface area contributed by atoms with Gasteiger partial charge in [-0.2, -0.15) is 0 Å². The number of halogens is 1. The van der Waals surface area contributed by atoms with Crippen LogP contribution in [0.25, 0.3) is 10.9 Å². The molecule has 0 saturated carbocycles. The molecule has 37 heavy (non-hydrogen) atoms. The summed E-state index contributed by atoms with van der Waals surface area (Å²) in [6.45, 7) is 6.55. The summed E-state index contributed by atoms with van der Waals surface area (Å²) in [5.74, 6) is 0.789. The lowest BCUT2D eigenvalue weighted by Gasteiger charge is -2.31. The molecule has 0 bridgehead atoms. The fraction of sp³-hybridized carbons (Fsp3) is 0.429. The van der Waals surface area contributed by atoms with Crippen molar-refractivity contribution in [3.63, 3.8) is 0 Å². The maximum atomic E-state index is 13.2. The molecule has 1 aliphatic rings. The van der Waals surface area contributed by atoms with Crippen LogP contribution in [0.5, 0.6) is 0 Å². The van der Waals surface area contributed by atoms with E-state index >= 15 is 0 Å². The van der Waals surface area contributed by atoms with Crippen molar-refractivity contribution in [1.29, 1.82) is 0 Å². The van der Waals surface area contributed by atoms with Crippen LogP contribution in [0.4, 0.5) is 0 Å². The summed E-state index contributed by atoms with van der Waals surface area (Å²) in [4.78, 5) is 18.6. The number of aromatic amines is 1. The number of H-pyrrole nitrogens is 1. The van der Waals surface area contributed by atoms with Gasteiger partial charge >= 0.3 is 0 Å². The van der Waals surface area contributed by atoms with E-state index in [2.05, 4.69) is 32.3 Å². The molecule has 0 unspecified atom stereocenters. The summed E-state index contributed by atoms with van der Waals surface area (Å²) in [5.41, 5.74) is 3.53. The molecule has 5 rings (SSSR count). The normalized spacial score (nSPS) is 16.6. The number of ether oxygens (including phenoxy) is 1. The van der Waals surface area contributed by atoms with E-state index in [0.717, 1.165) is 60.1 Å². The van der Waals surface area contributed by atoms with Gasteiger partial charge in [-0.15, -0.1) is 5.10 Å². The Morgan fingerprint density at radius 2 is 2.03 bits per heavy atom. The Labute approximate surface area is 221 Å². The van der Waals surface area contributed by atoms with Crippen molar-refractivity contribution in [2.24, 2.45) is 0 Å². The highest BCUT2D eigenvalue weighted by Crippen LogP contribution is 2.30. The summed E-state index contributed by atoms with van der Waals surface area (Å²) < 4.78 is 7.74. The van der Waals surface area contributed by atoms with Crippen molar-refractivity contribution in [3.05, 3.63) is 86.4 Å². The zero-order valence-electron chi connectivity index (χ0n) is 21.4. The Hall–Kier alpha value is -3.07. The van der Waals surface area contributed by atoms with Crippen LogP contribution in [0, 0.1) is 6.92 Å². The number of tetrazole rings is 1. The maximum absolute atomic E-state index is 13.2. The van der Waals surface area contributed by atoms with Crippen LogP contribution in [0.1, 0.15) is 61.2 Å². The number of aryl methyl sites for hydroxylation is 1. The number of aromatic nitrogens is 5. The van der Waals surface area contributed by atoms with Gasteiger partial charge in [0.1, 0.15) is 0 Å². The average Bonchev–Trinajstić information content (AvgIpc) is 3.57. The van der Waals surface area contributed by atoms with E-state index in [0.29, 0.717) is 30.2 Å². The Morgan fingerprint density at radius 3 is 2.81 bits per heavy atom. The monoisotopic (exact) mass is 520 g/mol. The molecule has 1 N–H and O–H groups in total.